The average Bonchev–Trinajstić information content (AvgIpc) is 3.61. The van der Waals surface area contributed by atoms with Gasteiger partial charge in [-0.3, -0.25) is 4.79 Å². The normalized spacial score (nSPS) is 13.1. The second-order valence-electron chi connectivity index (χ2n) is 9.10. The van der Waals surface area contributed by atoms with Crippen LogP contribution in [0, 0.1) is 5.92 Å². The van der Waals surface area contributed by atoms with E-state index in [4.69, 9.17) is 9.79 Å². The van der Waals surface area contributed by atoms with Gasteiger partial charge in [0.1, 0.15) is 12.6 Å². The van der Waals surface area contributed by atoms with Crippen molar-refractivity contribution >= 4 is 24.2 Å². The molecule has 0 radical (unpaired) electrons. The van der Waals surface area contributed by atoms with Gasteiger partial charge in [-0.05, 0) is 56.2 Å². The lowest BCUT2D eigenvalue weighted by Gasteiger charge is -2.11. The summed E-state index contributed by atoms with van der Waals surface area (Å²) in [7, 11) is 1.90. The van der Waals surface area contributed by atoms with Crippen molar-refractivity contribution < 1.29 is 12.4 Å². The Balaban J connectivity index is 0. The third-order valence-corrected chi connectivity index (χ3v) is 6.18. The molecule has 0 spiro atoms. The fourth-order valence-electron chi connectivity index (χ4n) is 4.10. The van der Waals surface area contributed by atoms with E-state index in [9.17, 15) is 4.79 Å². The van der Waals surface area contributed by atoms with E-state index in [1.165, 1.54) is 24.8 Å². The first-order valence-electron chi connectivity index (χ1n) is 13.6. The molecule has 1 aromatic heterocycles. The second-order valence-corrected chi connectivity index (χ2v) is 9.10. The molecular weight excluding hydrogens is 472 g/mol. The lowest BCUT2D eigenvalue weighted by molar-refractivity contribution is -0.0980. The molecule has 0 aliphatic carbocycles. The smallest absolute Gasteiger partial charge is 0.253 e. The van der Waals surface area contributed by atoms with Gasteiger partial charge in [-0.2, -0.15) is 0 Å². The predicted octanol–water partition coefficient (Wildman–Crippen LogP) is 7.35. The molecule has 2 N–H and O–H groups in total. The number of carbonyl (C=O) groups is 2. The van der Waals surface area contributed by atoms with E-state index in [1.54, 1.807) is 0 Å². The minimum absolute atomic E-state index is 0. The van der Waals surface area contributed by atoms with Gasteiger partial charge < -0.3 is 20.0 Å². The fourth-order valence-corrected chi connectivity index (χ4v) is 4.10. The zero-order valence-electron chi connectivity index (χ0n) is 23.9. The van der Waals surface area contributed by atoms with E-state index in [1.807, 2.05) is 69.8 Å². The van der Waals surface area contributed by atoms with Gasteiger partial charge in [0.2, 0.25) is 0 Å². The Kier molecular flexibility index (Phi) is 15.8. The van der Waals surface area contributed by atoms with E-state index < -0.39 is 0 Å². The Labute approximate surface area is 232 Å². The van der Waals surface area contributed by atoms with Crippen LogP contribution in [0.5, 0.6) is 0 Å². The Bertz CT molecular complexity index is 1110. The number of allylic oxidation sites excluding steroid dienone is 2. The van der Waals surface area contributed by atoms with Gasteiger partial charge in [0, 0.05) is 40.0 Å². The van der Waals surface area contributed by atoms with Gasteiger partial charge in [0.15, 0.2) is 0 Å². The fraction of sp³-hybridized carbons (Fsp3) is 0.406. The van der Waals surface area contributed by atoms with Gasteiger partial charge in [-0.1, -0.05) is 63.6 Å². The first-order valence-corrected chi connectivity index (χ1v) is 13.6. The van der Waals surface area contributed by atoms with Crippen molar-refractivity contribution in [1.29, 1.82) is 0 Å². The van der Waals surface area contributed by atoms with Crippen LogP contribution in [0.25, 0.3) is 5.70 Å². The Morgan fingerprint density at radius 2 is 2.00 bits per heavy atom. The number of aliphatic imine (C=N–C) groups is 1. The first-order chi connectivity index (χ1) is 18.5. The number of rotatable bonds is 12. The largest absolute Gasteiger partial charge is 0.356 e. The maximum atomic E-state index is 12.3. The van der Waals surface area contributed by atoms with Gasteiger partial charge in [-0.15, -0.1) is 6.58 Å². The molecule has 0 unspecified atom stereocenters. The zero-order chi connectivity index (χ0) is 28.3. The van der Waals surface area contributed by atoms with Crippen LogP contribution in [0.2, 0.25) is 0 Å². The summed E-state index contributed by atoms with van der Waals surface area (Å²) in [5.74, 6) is 1.56. The molecule has 210 valence electrons. The molecule has 0 saturated carbocycles. The van der Waals surface area contributed by atoms with Crippen molar-refractivity contribution in [2.24, 2.45) is 18.0 Å². The third kappa shape index (κ3) is 11.2. The van der Waals surface area contributed by atoms with Gasteiger partial charge >= 0.3 is 0 Å². The molecule has 2 heterocycles. The van der Waals surface area contributed by atoms with E-state index in [0.717, 1.165) is 48.0 Å². The minimum Gasteiger partial charge on any atom is -0.356 e. The molecule has 0 fully saturated rings. The molecule has 0 bridgehead atoms. The number of nitrogens with one attached hydrogen (secondary N) is 2. The highest BCUT2D eigenvalue weighted by molar-refractivity contribution is 5.96. The quantitative estimate of drug-likeness (QED) is 0.286. The van der Waals surface area contributed by atoms with Crippen LogP contribution in [0.1, 0.15) is 84.1 Å². The Morgan fingerprint density at radius 3 is 2.66 bits per heavy atom. The molecule has 0 saturated heterocycles. The Morgan fingerprint density at radius 1 is 1.24 bits per heavy atom. The van der Waals surface area contributed by atoms with E-state index in [2.05, 4.69) is 54.5 Å². The monoisotopic (exact) mass is 522 g/mol. The lowest BCUT2D eigenvalue weighted by atomic mass is 9.96. The van der Waals surface area contributed by atoms with Crippen molar-refractivity contribution in [2.45, 2.75) is 66.2 Å². The first kappa shape index (κ1) is 32.4. The van der Waals surface area contributed by atoms with Crippen LogP contribution < -0.4 is 10.6 Å². The summed E-state index contributed by atoms with van der Waals surface area (Å²) in [6.45, 7) is 14.5. The topological polar surface area (TPSA) is 75.5 Å². The van der Waals surface area contributed by atoms with Crippen LogP contribution in [0.15, 0.2) is 78.2 Å². The highest BCUT2D eigenvalue weighted by atomic mass is 16.1. The zero-order valence-corrected chi connectivity index (χ0v) is 23.9. The summed E-state index contributed by atoms with van der Waals surface area (Å²) in [5.41, 5.74) is 5.12. The van der Waals surface area contributed by atoms with Crippen molar-refractivity contribution in [1.82, 2.24) is 15.2 Å². The van der Waals surface area contributed by atoms with Crippen LogP contribution >= 0.6 is 0 Å². The molecule has 2 aromatic rings. The third-order valence-electron chi connectivity index (χ3n) is 6.18. The van der Waals surface area contributed by atoms with Crippen LogP contribution in [0.3, 0.4) is 0 Å². The number of aromatic nitrogens is 1. The maximum absolute atomic E-state index is 12.3. The molecule has 1 amide bonds. The summed E-state index contributed by atoms with van der Waals surface area (Å²) in [6.07, 6.45) is 16.5. The van der Waals surface area contributed by atoms with Crippen molar-refractivity contribution in [3.8, 4) is 0 Å². The van der Waals surface area contributed by atoms with Crippen LogP contribution in [-0.2, 0) is 18.3 Å². The Hall–Kier alpha value is -3.67. The van der Waals surface area contributed by atoms with Crippen molar-refractivity contribution in [3.63, 3.8) is 0 Å². The number of nitrogens with zero attached hydrogens (tertiary/aromatic N) is 2. The highest BCUT2D eigenvalue weighted by Gasteiger charge is 2.13. The number of hydrogen-bond acceptors (Lipinski definition) is 4. The van der Waals surface area contributed by atoms with Crippen LogP contribution in [0.4, 0.5) is 0 Å². The molecule has 38 heavy (non-hydrogen) atoms. The summed E-state index contributed by atoms with van der Waals surface area (Å²) >= 11 is 0. The molecule has 3 rings (SSSR count). The summed E-state index contributed by atoms with van der Waals surface area (Å²) in [4.78, 5) is 25.1. The van der Waals surface area contributed by atoms with Gasteiger partial charge in [-0.25, -0.2) is 4.99 Å². The molecule has 1 aliphatic rings. The number of benzene rings is 1. The summed E-state index contributed by atoms with van der Waals surface area (Å²) in [5, 5.41) is 6.35. The minimum atomic E-state index is -0.0826. The van der Waals surface area contributed by atoms with Gasteiger partial charge in [0.25, 0.3) is 5.91 Å². The standard InChI is InChI=1S/C29H38N4O.C2H6.CH2O.2H2/c1-5-7-10-22(3)11-8-12-23-13-9-14-24(19-23)27-15-16-28(32-27)31-26(6-2)20-30-29(34)25-17-18-33(4)21-25;2*1-2;;/h5-6,9,13-15,17-19,21-22H,1,7-8,10-12,16,20H2,2-4H3,(H,30,34)(H,31,32);1-2H3;1H2;2*1H/b26-6-;;;;/t22-;;;;/m1..../s1. The molecule has 1 atom stereocenters. The summed E-state index contributed by atoms with van der Waals surface area (Å²) in [6, 6.07) is 10.6. The van der Waals surface area contributed by atoms with Crippen molar-refractivity contribution in [3.05, 3.63) is 89.9 Å². The van der Waals surface area contributed by atoms with Crippen molar-refractivity contribution in [2.75, 3.05) is 6.54 Å². The number of carbonyl (C=O) groups excluding carboxylic acids is 2. The van der Waals surface area contributed by atoms with Gasteiger partial charge in [0.05, 0.1) is 17.8 Å². The number of aryl methyl sites for hydroxylation is 2. The second kappa shape index (κ2) is 18.6. The molecule has 6 nitrogen and oxygen atoms in total. The molecule has 1 aromatic carbocycles. The van der Waals surface area contributed by atoms with Crippen LogP contribution in [-0.4, -0.2) is 29.6 Å². The SMILES string of the molecule is C=CCC[C@@H](C)CCCc1cccc(C2=CCC(N/C(=C\C)CNC(=O)c3ccn(C)c3)=N2)c1.C=O.CC.[HH].[HH]. The number of hydrogen-bond donors (Lipinski definition) is 2. The van der Waals surface area contributed by atoms with E-state index in [0.29, 0.717) is 12.1 Å². The number of amidine groups is 1. The predicted molar refractivity (Wildman–Crippen MR) is 165 cm³/mol. The van der Waals surface area contributed by atoms with E-state index >= 15 is 0 Å². The molecule has 1 aliphatic heterocycles. The average molecular weight is 523 g/mol. The van der Waals surface area contributed by atoms with E-state index in [-0.39, 0.29) is 8.76 Å². The summed E-state index contributed by atoms with van der Waals surface area (Å²) < 4.78 is 1.87. The maximum Gasteiger partial charge on any atom is 0.253 e. The lowest BCUT2D eigenvalue weighted by Crippen LogP contribution is -2.32. The number of amides is 1. The molecular formula is C32H50N4O2. The highest BCUT2D eigenvalue weighted by Crippen LogP contribution is 2.24. The molecule has 6 heteroatoms.